The monoisotopic (exact) mass is 460 g/mol. The first-order valence-electron chi connectivity index (χ1n) is 12.1. The van der Waals surface area contributed by atoms with Gasteiger partial charge in [0.1, 0.15) is 0 Å². The molecule has 3 aromatic heterocycles. The summed E-state index contributed by atoms with van der Waals surface area (Å²) in [6.07, 6.45) is 3.97. The molecule has 172 valence electrons. The number of fused-ring (bicyclic) bond motifs is 3. The Bertz CT molecular complexity index is 1620. The van der Waals surface area contributed by atoms with Crippen LogP contribution in [-0.4, -0.2) is 44.3 Å². The van der Waals surface area contributed by atoms with E-state index in [1.54, 1.807) is 0 Å². The Morgan fingerprint density at radius 3 is 2.63 bits per heavy atom. The standard InChI is InChI=1S/C27H25BN6O/c1-15-6-4-8-19-26(18-7-5-9-22-20(18)13-32(3)30-22)31-34(27(15)19)17-10-11-23(29-12-17)33-14-21-24(16(33)2)25(21)28-35/h4-13,16,21,24-25H,14H2,1-3H3/t16-,21+,24?,25?/m1/s1. The fourth-order valence-electron chi connectivity index (χ4n) is 6.21. The van der Waals surface area contributed by atoms with Crippen molar-refractivity contribution in [1.82, 2.24) is 24.5 Å². The number of piperidine rings is 1. The van der Waals surface area contributed by atoms with E-state index in [9.17, 15) is 4.70 Å². The summed E-state index contributed by atoms with van der Waals surface area (Å²) in [6, 6.07) is 17.1. The van der Waals surface area contributed by atoms with Crippen molar-refractivity contribution in [3.8, 4) is 16.9 Å². The molecule has 5 aromatic rings. The Labute approximate surface area is 203 Å². The number of aryl methyl sites for hydroxylation is 2. The van der Waals surface area contributed by atoms with Crippen LogP contribution in [0.5, 0.6) is 0 Å². The van der Waals surface area contributed by atoms with Gasteiger partial charge in [-0.1, -0.05) is 18.2 Å². The van der Waals surface area contributed by atoms with Gasteiger partial charge in [-0.05, 0) is 6.07 Å². The van der Waals surface area contributed by atoms with E-state index in [0.29, 0.717) is 17.9 Å². The summed E-state index contributed by atoms with van der Waals surface area (Å²) >= 11 is 0. The molecule has 0 spiro atoms. The van der Waals surface area contributed by atoms with Crippen LogP contribution in [0.3, 0.4) is 0 Å². The molecule has 0 N–H and O–H groups in total. The van der Waals surface area contributed by atoms with Gasteiger partial charge in [-0.3, -0.25) is 4.68 Å². The molecule has 1 saturated carbocycles. The zero-order valence-corrected chi connectivity index (χ0v) is 20.0. The van der Waals surface area contributed by atoms with E-state index < -0.39 is 0 Å². The van der Waals surface area contributed by atoms with E-state index in [2.05, 4.69) is 66.4 Å². The molecule has 0 radical (unpaired) electrons. The van der Waals surface area contributed by atoms with Crippen molar-refractivity contribution in [2.24, 2.45) is 18.9 Å². The average Bonchev–Trinajstić information content (AvgIpc) is 3.11. The fraction of sp³-hybridized carbons (Fsp3) is 0.296. The Kier molecular flexibility index (Phi) is 4.31. The van der Waals surface area contributed by atoms with E-state index in [0.717, 1.165) is 63.8 Å². The van der Waals surface area contributed by atoms with Crippen LogP contribution < -0.4 is 4.90 Å². The zero-order valence-electron chi connectivity index (χ0n) is 20.0. The summed E-state index contributed by atoms with van der Waals surface area (Å²) in [5.41, 5.74) is 6.16. The number of pyridine rings is 1. The normalized spacial score (nSPS) is 23.1. The first-order chi connectivity index (χ1) is 17.0. The van der Waals surface area contributed by atoms with E-state index in [4.69, 9.17) is 10.1 Å². The Morgan fingerprint density at radius 1 is 1.03 bits per heavy atom. The molecule has 2 aliphatic rings. The van der Waals surface area contributed by atoms with Crippen molar-refractivity contribution >= 4 is 34.8 Å². The van der Waals surface area contributed by atoms with Crippen molar-refractivity contribution in [3.05, 3.63) is 66.5 Å². The van der Waals surface area contributed by atoms with Crippen LogP contribution in [0.25, 0.3) is 38.8 Å². The van der Waals surface area contributed by atoms with Gasteiger partial charge < -0.3 is 0 Å². The summed E-state index contributed by atoms with van der Waals surface area (Å²) in [5, 5.41) is 11.9. The third-order valence-corrected chi connectivity index (χ3v) is 8.00. The van der Waals surface area contributed by atoms with Gasteiger partial charge in [-0.25, -0.2) is 0 Å². The van der Waals surface area contributed by atoms with Gasteiger partial charge in [0.15, 0.2) is 0 Å². The van der Waals surface area contributed by atoms with Crippen LogP contribution in [0, 0.1) is 18.8 Å². The summed E-state index contributed by atoms with van der Waals surface area (Å²) in [6.45, 7) is 5.24. The van der Waals surface area contributed by atoms with Crippen LogP contribution in [0.15, 0.2) is 60.9 Å². The van der Waals surface area contributed by atoms with Crippen LogP contribution in [-0.2, 0) is 11.8 Å². The molecule has 7 nitrogen and oxygen atoms in total. The fourth-order valence-corrected chi connectivity index (χ4v) is 6.21. The molecule has 8 heteroatoms. The van der Waals surface area contributed by atoms with Gasteiger partial charge in [0.25, 0.3) is 0 Å². The predicted octanol–water partition coefficient (Wildman–Crippen LogP) is 4.58. The molecule has 7 rings (SSSR count). The molecule has 4 heterocycles. The first-order valence-corrected chi connectivity index (χ1v) is 12.1. The summed E-state index contributed by atoms with van der Waals surface area (Å²) < 4.78 is 15.1. The molecule has 0 bridgehead atoms. The van der Waals surface area contributed by atoms with E-state index >= 15 is 0 Å². The first kappa shape index (κ1) is 20.6. The second kappa shape index (κ2) is 7.34. The zero-order chi connectivity index (χ0) is 23.8. The second-order valence-electron chi connectivity index (χ2n) is 9.99. The number of aromatic nitrogens is 5. The van der Waals surface area contributed by atoms with Crippen molar-refractivity contribution < 1.29 is 4.70 Å². The van der Waals surface area contributed by atoms with Gasteiger partial charge in [0, 0.05) is 18.6 Å². The van der Waals surface area contributed by atoms with Crippen LogP contribution in [0.4, 0.5) is 5.82 Å². The summed E-state index contributed by atoms with van der Waals surface area (Å²) in [4.78, 5) is 7.16. The van der Waals surface area contributed by atoms with Crippen molar-refractivity contribution in [2.75, 3.05) is 11.4 Å². The number of rotatable bonds is 4. The molecular weight excluding hydrogens is 435 g/mol. The number of hydrogen-bond donors (Lipinski definition) is 0. The maximum absolute atomic E-state index is 11.2. The van der Waals surface area contributed by atoms with E-state index in [1.165, 1.54) is 0 Å². The number of benzene rings is 2. The minimum atomic E-state index is 0.238. The molecule has 1 aliphatic carbocycles. The third-order valence-electron chi connectivity index (χ3n) is 8.00. The second-order valence-corrected chi connectivity index (χ2v) is 9.99. The molecule has 1 saturated heterocycles. The number of nitrogens with zero attached hydrogens (tertiary/aromatic N) is 6. The number of anilines is 1. The molecule has 1 aliphatic heterocycles. The van der Waals surface area contributed by atoms with Crippen LogP contribution in [0.2, 0.25) is 5.82 Å². The van der Waals surface area contributed by atoms with Gasteiger partial charge >= 0.3 is 145 Å². The van der Waals surface area contributed by atoms with Gasteiger partial charge in [0.05, 0.1) is 5.52 Å². The van der Waals surface area contributed by atoms with Crippen molar-refractivity contribution in [1.29, 1.82) is 0 Å². The van der Waals surface area contributed by atoms with Gasteiger partial charge in [-0.2, -0.15) is 5.10 Å². The summed E-state index contributed by atoms with van der Waals surface area (Å²) in [5.74, 6) is 2.16. The number of hydrogen-bond acceptors (Lipinski definition) is 5. The SMILES string of the molecule is Cc1cccc2c(-c3cccc4nn(C)cc34)nn(-c3ccc(N4C[C@@H]5C(B=O)C5[C@H]4C)nc3)c12. The maximum atomic E-state index is 11.2. The average molecular weight is 460 g/mol. The summed E-state index contributed by atoms with van der Waals surface area (Å²) in [7, 11) is 3.08. The van der Waals surface area contributed by atoms with E-state index in [1.807, 2.05) is 34.7 Å². The van der Waals surface area contributed by atoms with Gasteiger partial charge in [0.2, 0.25) is 0 Å². The van der Waals surface area contributed by atoms with Crippen molar-refractivity contribution in [3.63, 3.8) is 0 Å². The minimum absolute atomic E-state index is 0.238. The predicted molar refractivity (Wildman–Crippen MR) is 137 cm³/mol. The van der Waals surface area contributed by atoms with Crippen LogP contribution in [0.1, 0.15) is 12.5 Å². The Morgan fingerprint density at radius 2 is 1.89 bits per heavy atom. The molecule has 0 amide bonds. The molecular formula is C27H25BN6O. The Hall–Kier alpha value is -3.81. The van der Waals surface area contributed by atoms with Crippen LogP contribution >= 0.6 is 0 Å². The van der Waals surface area contributed by atoms with E-state index in [-0.39, 0.29) is 5.82 Å². The third kappa shape index (κ3) is 2.95. The van der Waals surface area contributed by atoms with Gasteiger partial charge in [-0.15, -0.1) is 0 Å². The quantitative estimate of drug-likeness (QED) is 0.368. The molecule has 2 unspecified atom stereocenters. The number of para-hydroxylation sites is 1. The molecule has 2 fully saturated rings. The Balaban J connectivity index is 1.32. The molecule has 2 aromatic carbocycles. The van der Waals surface area contributed by atoms with Crippen molar-refractivity contribution in [2.45, 2.75) is 25.7 Å². The topological polar surface area (TPSA) is 68.8 Å². The molecule has 35 heavy (non-hydrogen) atoms. The molecule has 4 atom stereocenters.